The minimum absolute atomic E-state index is 0.0602. The molecule has 9 heteroatoms. The molecule has 0 bridgehead atoms. The maximum absolute atomic E-state index is 13.7. The van der Waals surface area contributed by atoms with Crippen molar-refractivity contribution in [1.29, 1.82) is 0 Å². The molecular weight excluding hydrogens is 516 g/mol. The Kier molecular flexibility index (Phi) is 9.34. The van der Waals surface area contributed by atoms with Crippen molar-refractivity contribution in [2.75, 3.05) is 26.7 Å². The van der Waals surface area contributed by atoms with Crippen LogP contribution in [0.2, 0.25) is 0 Å². The molecule has 1 fully saturated rings. The van der Waals surface area contributed by atoms with Crippen LogP contribution >= 0.6 is 0 Å². The number of carboxylic acid groups (broad SMARTS) is 1. The monoisotopic (exact) mass is 554 g/mol. The fourth-order valence-corrected chi connectivity index (χ4v) is 7.13. The van der Waals surface area contributed by atoms with Crippen molar-refractivity contribution in [2.24, 2.45) is 11.8 Å². The number of carbonyl (C=O) groups is 1. The van der Waals surface area contributed by atoms with E-state index in [0.29, 0.717) is 30.1 Å². The highest BCUT2D eigenvalue weighted by atomic mass is 32.2. The smallest absolute Gasteiger partial charge is 0.336 e. The van der Waals surface area contributed by atoms with Crippen LogP contribution in [0.15, 0.2) is 47.4 Å². The molecule has 1 aliphatic heterocycles. The second kappa shape index (κ2) is 12.5. The Morgan fingerprint density at radius 1 is 1.21 bits per heavy atom. The van der Waals surface area contributed by atoms with E-state index in [1.165, 1.54) is 17.1 Å². The zero-order chi connectivity index (χ0) is 28.2. The Morgan fingerprint density at radius 3 is 2.62 bits per heavy atom. The molecule has 2 N–H and O–H groups in total. The molecule has 1 heterocycles. The van der Waals surface area contributed by atoms with Crippen LogP contribution in [0.5, 0.6) is 5.75 Å². The van der Waals surface area contributed by atoms with Gasteiger partial charge in [-0.1, -0.05) is 49.8 Å². The molecule has 4 rings (SSSR count). The zero-order valence-corrected chi connectivity index (χ0v) is 23.7. The molecule has 0 unspecified atom stereocenters. The molecule has 39 heavy (non-hydrogen) atoms. The van der Waals surface area contributed by atoms with Crippen LogP contribution in [0.4, 0.5) is 0 Å². The average Bonchev–Trinajstić information content (AvgIpc) is 3.43. The Morgan fingerprint density at radius 2 is 1.92 bits per heavy atom. The summed E-state index contributed by atoms with van der Waals surface area (Å²) in [6, 6.07) is 11.3. The minimum atomic E-state index is -3.93. The van der Waals surface area contributed by atoms with E-state index in [1.54, 1.807) is 43.3 Å². The summed E-state index contributed by atoms with van der Waals surface area (Å²) in [6.07, 6.45) is 4.16. The molecule has 0 aromatic heterocycles. The van der Waals surface area contributed by atoms with Crippen molar-refractivity contribution in [1.82, 2.24) is 9.21 Å². The number of sulfonamides is 1. The molecule has 0 amide bonds. The Bertz CT molecular complexity index is 1340. The quantitative estimate of drug-likeness (QED) is 0.501. The van der Waals surface area contributed by atoms with Crippen LogP contribution in [0.1, 0.15) is 61.0 Å². The van der Waals surface area contributed by atoms with Gasteiger partial charge in [0.25, 0.3) is 0 Å². The van der Waals surface area contributed by atoms with E-state index in [0.717, 1.165) is 12.8 Å². The first-order valence-corrected chi connectivity index (χ1v) is 15.0. The molecular formula is C30H38N2O6S. The van der Waals surface area contributed by atoms with E-state index in [2.05, 4.69) is 11.8 Å². The lowest BCUT2D eigenvalue weighted by Gasteiger charge is -2.37. The van der Waals surface area contributed by atoms with E-state index in [4.69, 9.17) is 4.74 Å². The third kappa shape index (κ3) is 6.82. The normalized spacial score (nSPS) is 22.2. The molecule has 1 aliphatic carbocycles. The summed E-state index contributed by atoms with van der Waals surface area (Å²) >= 11 is 0. The standard InChI is InChI=1S/C30H38N2O6S/c1-21-17-32(22(2)20-33)39(36,37)29-15-14-24(13-12-23-8-4-5-9-23)16-27(29)38-28(21)19-31(3)18-25-10-6-7-11-26(25)30(34)35/h6-7,10-11,14-16,21-23,28,33H,4-5,8-9,17-20H2,1-3H3,(H,34,35)/t21-,22+,28-/m0/s1. The summed E-state index contributed by atoms with van der Waals surface area (Å²) in [6.45, 7) is 4.33. The molecule has 2 aromatic carbocycles. The molecule has 8 nitrogen and oxygen atoms in total. The van der Waals surface area contributed by atoms with Crippen LogP contribution in [-0.4, -0.2) is 72.7 Å². The fourth-order valence-electron chi connectivity index (χ4n) is 5.31. The number of hydrogen-bond acceptors (Lipinski definition) is 6. The third-order valence-electron chi connectivity index (χ3n) is 7.62. The Labute approximate surface area is 231 Å². The van der Waals surface area contributed by atoms with Gasteiger partial charge in [-0.3, -0.25) is 4.90 Å². The van der Waals surface area contributed by atoms with Gasteiger partial charge in [0.2, 0.25) is 10.0 Å². The van der Waals surface area contributed by atoms with Gasteiger partial charge in [-0.25, -0.2) is 13.2 Å². The largest absolute Gasteiger partial charge is 0.487 e. The highest BCUT2D eigenvalue weighted by Gasteiger charge is 2.38. The van der Waals surface area contributed by atoms with Crippen molar-refractivity contribution in [2.45, 2.75) is 63.1 Å². The van der Waals surface area contributed by atoms with Crippen LogP contribution in [-0.2, 0) is 16.6 Å². The number of nitrogens with zero attached hydrogens (tertiary/aromatic N) is 2. The van der Waals surface area contributed by atoms with Gasteiger partial charge in [0.15, 0.2) is 0 Å². The van der Waals surface area contributed by atoms with E-state index >= 15 is 0 Å². The maximum atomic E-state index is 13.7. The SMILES string of the molecule is C[C@H](CO)N1C[C@H](C)[C@H](CN(C)Cc2ccccc2C(=O)O)Oc2cc(C#CC3CCCC3)ccc2S1(=O)=O. The number of fused-ring (bicyclic) bond motifs is 1. The molecule has 1 saturated carbocycles. The number of hydrogen-bond donors (Lipinski definition) is 2. The van der Waals surface area contributed by atoms with Crippen molar-refractivity contribution in [3.63, 3.8) is 0 Å². The highest BCUT2D eigenvalue weighted by Crippen LogP contribution is 2.34. The number of aliphatic hydroxyl groups excluding tert-OH is 1. The van der Waals surface area contributed by atoms with Gasteiger partial charge in [-0.15, -0.1) is 0 Å². The number of carboxylic acids is 1. The molecule has 0 saturated heterocycles. The highest BCUT2D eigenvalue weighted by molar-refractivity contribution is 7.89. The van der Waals surface area contributed by atoms with Crippen LogP contribution in [0.25, 0.3) is 0 Å². The number of rotatable bonds is 7. The maximum Gasteiger partial charge on any atom is 0.336 e. The first kappa shape index (κ1) is 29.1. The van der Waals surface area contributed by atoms with Gasteiger partial charge in [0, 0.05) is 43.1 Å². The molecule has 2 aromatic rings. The van der Waals surface area contributed by atoms with Gasteiger partial charge in [-0.2, -0.15) is 4.31 Å². The summed E-state index contributed by atoms with van der Waals surface area (Å²) in [5.74, 6) is 5.97. The summed E-state index contributed by atoms with van der Waals surface area (Å²) in [5, 5.41) is 19.4. The first-order chi connectivity index (χ1) is 18.6. The lowest BCUT2D eigenvalue weighted by molar-refractivity contribution is 0.0686. The molecule has 3 atom stereocenters. The van der Waals surface area contributed by atoms with Gasteiger partial charge >= 0.3 is 5.97 Å². The predicted molar refractivity (Wildman–Crippen MR) is 149 cm³/mol. The van der Waals surface area contributed by atoms with E-state index in [1.807, 2.05) is 24.9 Å². The topological polar surface area (TPSA) is 107 Å². The van der Waals surface area contributed by atoms with Crippen molar-refractivity contribution < 1.29 is 28.2 Å². The second-order valence-electron chi connectivity index (χ2n) is 10.8. The number of benzene rings is 2. The predicted octanol–water partition coefficient (Wildman–Crippen LogP) is 3.83. The fraction of sp³-hybridized carbons (Fsp3) is 0.500. The molecule has 210 valence electrons. The summed E-state index contributed by atoms with van der Waals surface area (Å²) in [7, 11) is -2.04. The number of ether oxygens (including phenoxy) is 1. The van der Waals surface area contributed by atoms with Gasteiger partial charge in [0.05, 0.1) is 12.2 Å². The van der Waals surface area contributed by atoms with Crippen LogP contribution in [0.3, 0.4) is 0 Å². The lowest BCUT2D eigenvalue weighted by Crippen LogP contribution is -2.49. The van der Waals surface area contributed by atoms with E-state index < -0.39 is 28.1 Å². The summed E-state index contributed by atoms with van der Waals surface area (Å²) < 4.78 is 35.2. The lowest BCUT2D eigenvalue weighted by atomic mass is 10.0. The van der Waals surface area contributed by atoms with Crippen molar-refractivity contribution in [3.8, 4) is 17.6 Å². The molecule has 0 spiro atoms. The van der Waals surface area contributed by atoms with Gasteiger partial charge in [0.1, 0.15) is 16.7 Å². The summed E-state index contributed by atoms with van der Waals surface area (Å²) in [5.41, 5.74) is 1.64. The average molecular weight is 555 g/mol. The van der Waals surface area contributed by atoms with E-state index in [-0.39, 0.29) is 35.3 Å². The Hall–Kier alpha value is -2.90. The van der Waals surface area contributed by atoms with E-state index in [9.17, 15) is 23.4 Å². The number of likely N-dealkylation sites (N-methyl/N-ethyl adjacent to an activating group) is 1. The van der Waals surface area contributed by atoms with Crippen LogP contribution < -0.4 is 4.74 Å². The third-order valence-corrected chi connectivity index (χ3v) is 9.64. The minimum Gasteiger partial charge on any atom is -0.487 e. The van der Waals surface area contributed by atoms with Crippen molar-refractivity contribution in [3.05, 3.63) is 59.2 Å². The second-order valence-corrected chi connectivity index (χ2v) is 12.7. The van der Waals surface area contributed by atoms with Crippen LogP contribution in [0, 0.1) is 23.7 Å². The Balaban J connectivity index is 1.66. The van der Waals surface area contributed by atoms with Crippen molar-refractivity contribution >= 4 is 16.0 Å². The number of aromatic carboxylic acids is 1. The number of aliphatic hydroxyl groups is 1. The zero-order valence-electron chi connectivity index (χ0n) is 22.8. The van der Waals surface area contributed by atoms with Gasteiger partial charge < -0.3 is 14.9 Å². The molecule has 2 aliphatic rings. The van der Waals surface area contributed by atoms with Gasteiger partial charge in [-0.05, 0) is 56.6 Å². The summed E-state index contributed by atoms with van der Waals surface area (Å²) in [4.78, 5) is 13.7. The molecule has 0 radical (unpaired) electrons. The first-order valence-electron chi connectivity index (χ1n) is 13.5.